The van der Waals surface area contributed by atoms with Gasteiger partial charge in [-0.05, 0) is 70.6 Å². The van der Waals surface area contributed by atoms with E-state index in [9.17, 15) is 9.59 Å². The van der Waals surface area contributed by atoms with Crippen LogP contribution in [0.1, 0.15) is 265 Å². The zero-order valence-electron chi connectivity index (χ0n) is 42.5. The Balaban J connectivity index is 4.33. The van der Waals surface area contributed by atoms with E-state index in [-0.39, 0.29) is 31.6 Å². The lowest BCUT2D eigenvalue weighted by molar-refractivity contribution is -0.162. The standard InChI is InChI=1S/C59H104O5/c1-4-7-10-13-16-19-22-25-28-29-30-31-33-34-37-40-43-46-49-52-58(60)63-56-57(55-62-54-51-48-45-42-39-36-27-24-21-18-15-12-9-6-3)64-59(61)53-50-47-44-41-38-35-32-26-23-20-17-14-11-8-5-2/h8,11,17,20-21,24,26,32,38,41,47,50,57H,4-7,9-10,12-16,18-19,22-23,25,27-31,33-37,39-40,42-46,48-49,51-56H2,1-3H3/b11-8-,20-17-,24-21-,32-26-,41-38-,50-47-. The lowest BCUT2D eigenvalue weighted by atomic mass is 10.0. The van der Waals surface area contributed by atoms with E-state index >= 15 is 0 Å². The van der Waals surface area contributed by atoms with Crippen LogP contribution in [0.15, 0.2) is 72.9 Å². The summed E-state index contributed by atoms with van der Waals surface area (Å²) in [5.41, 5.74) is 0. The molecule has 1 unspecified atom stereocenters. The predicted molar refractivity (Wildman–Crippen MR) is 279 cm³/mol. The molecule has 0 spiro atoms. The SMILES string of the molecule is CC/C=C\C/C=C\C/C=C\C/C=C\C/C=C\CC(=O)OC(COCCCCCCCC/C=C\CCCCCC)COC(=O)CCCCCCCCCCCCCCCCCCCCC. The van der Waals surface area contributed by atoms with Crippen molar-refractivity contribution in [3.05, 3.63) is 72.9 Å². The molecule has 0 aromatic heterocycles. The predicted octanol–water partition coefficient (Wildman–Crippen LogP) is 18.7. The lowest BCUT2D eigenvalue weighted by Crippen LogP contribution is -2.29. The van der Waals surface area contributed by atoms with Crippen LogP contribution in [-0.4, -0.2) is 37.9 Å². The molecule has 0 saturated carbocycles. The minimum Gasteiger partial charge on any atom is -0.462 e. The number of hydrogen-bond donors (Lipinski definition) is 0. The molecule has 0 bridgehead atoms. The van der Waals surface area contributed by atoms with E-state index in [4.69, 9.17) is 14.2 Å². The highest BCUT2D eigenvalue weighted by Gasteiger charge is 2.17. The van der Waals surface area contributed by atoms with Crippen molar-refractivity contribution in [2.75, 3.05) is 19.8 Å². The van der Waals surface area contributed by atoms with Gasteiger partial charge in [0, 0.05) is 13.0 Å². The van der Waals surface area contributed by atoms with Crippen LogP contribution in [0, 0.1) is 0 Å². The molecule has 5 nitrogen and oxygen atoms in total. The Morgan fingerprint density at radius 1 is 0.375 bits per heavy atom. The van der Waals surface area contributed by atoms with Crippen molar-refractivity contribution in [2.45, 2.75) is 271 Å². The van der Waals surface area contributed by atoms with Gasteiger partial charge >= 0.3 is 11.9 Å². The van der Waals surface area contributed by atoms with Crippen LogP contribution in [0.3, 0.4) is 0 Å². The third-order valence-electron chi connectivity index (χ3n) is 11.8. The zero-order chi connectivity index (χ0) is 46.3. The first-order chi connectivity index (χ1) is 31.6. The third kappa shape index (κ3) is 52.0. The van der Waals surface area contributed by atoms with E-state index in [1.54, 1.807) is 0 Å². The molecule has 370 valence electrons. The number of ether oxygens (including phenoxy) is 3. The maximum absolute atomic E-state index is 12.8. The van der Waals surface area contributed by atoms with Crippen LogP contribution in [0.5, 0.6) is 0 Å². The smallest absolute Gasteiger partial charge is 0.310 e. The summed E-state index contributed by atoms with van der Waals surface area (Å²) in [5.74, 6) is -0.537. The number of esters is 2. The van der Waals surface area contributed by atoms with Gasteiger partial charge in [-0.25, -0.2) is 0 Å². The molecule has 5 heteroatoms. The summed E-state index contributed by atoms with van der Waals surface area (Å²) >= 11 is 0. The molecule has 0 radical (unpaired) electrons. The molecule has 0 heterocycles. The summed E-state index contributed by atoms with van der Waals surface area (Å²) in [6.45, 7) is 7.61. The van der Waals surface area contributed by atoms with Crippen molar-refractivity contribution in [1.82, 2.24) is 0 Å². The second kappa shape index (κ2) is 54.7. The highest BCUT2D eigenvalue weighted by atomic mass is 16.6. The van der Waals surface area contributed by atoms with Crippen molar-refractivity contribution in [1.29, 1.82) is 0 Å². The average Bonchev–Trinajstić information content (AvgIpc) is 3.30. The Morgan fingerprint density at radius 3 is 1.20 bits per heavy atom. The summed E-state index contributed by atoms with van der Waals surface area (Å²) in [4.78, 5) is 25.4. The molecule has 0 saturated heterocycles. The van der Waals surface area contributed by atoms with Gasteiger partial charge in [0.1, 0.15) is 6.61 Å². The normalized spacial score (nSPS) is 12.7. The number of carbonyl (C=O) groups excluding carboxylic acids is 2. The molecule has 0 N–H and O–H groups in total. The van der Waals surface area contributed by atoms with Gasteiger partial charge < -0.3 is 14.2 Å². The van der Waals surface area contributed by atoms with Gasteiger partial charge in [-0.15, -0.1) is 0 Å². The summed E-state index contributed by atoms with van der Waals surface area (Å²) < 4.78 is 17.3. The molecular weight excluding hydrogens is 789 g/mol. The van der Waals surface area contributed by atoms with Crippen LogP contribution >= 0.6 is 0 Å². The van der Waals surface area contributed by atoms with Crippen LogP contribution in [0.25, 0.3) is 0 Å². The summed E-state index contributed by atoms with van der Waals surface area (Å²) in [7, 11) is 0. The highest BCUT2D eigenvalue weighted by Crippen LogP contribution is 2.16. The van der Waals surface area contributed by atoms with Crippen molar-refractivity contribution in [3.63, 3.8) is 0 Å². The second-order valence-corrected chi connectivity index (χ2v) is 18.1. The van der Waals surface area contributed by atoms with E-state index in [2.05, 4.69) is 81.5 Å². The third-order valence-corrected chi connectivity index (χ3v) is 11.8. The molecule has 0 aromatic rings. The van der Waals surface area contributed by atoms with E-state index < -0.39 is 6.10 Å². The Labute approximate surface area is 397 Å². The Hall–Kier alpha value is -2.66. The van der Waals surface area contributed by atoms with Gasteiger partial charge in [-0.2, -0.15) is 0 Å². The molecular formula is C59H104O5. The minimum atomic E-state index is -0.594. The number of carbonyl (C=O) groups is 2. The van der Waals surface area contributed by atoms with Crippen molar-refractivity contribution in [3.8, 4) is 0 Å². The van der Waals surface area contributed by atoms with Gasteiger partial charge in [0.25, 0.3) is 0 Å². The molecule has 64 heavy (non-hydrogen) atoms. The molecule has 0 aliphatic heterocycles. The molecule has 0 amide bonds. The maximum Gasteiger partial charge on any atom is 0.310 e. The quantitative estimate of drug-likeness (QED) is 0.0346. The fraction of sp³-hybridized carbons (Fsp3) is 0.763. The first kappa shape index (κ1) is 61.3. The van der Waals surface area contributed by atoms with E-state index in [0.29, 0.717) is 13.0 Å². The zero-order valence-corrected chi connectivity index (χ0v) is 42.5. The lowest BCUT2D eigenvalue weighted by Gasteiger charge is -2.18. The Kier molecular flexibility index (Phi) is 52.4. The maximum atomic E-state index is 12.8. The van der Waals surface area contributed by atoms with Gasteiger partial charge in [0.05, 0.1) is 13.0 Å². The summed E-state index contributed by atoms with van der Waals surface area (Å²) in [5, 5.41) is 0. The average molecular weight is 893 g/mol. The number of hydrogen-bond acceptors (Lipinski definition) is 5. The van der Waals surface area contributed by atoms with Crippen LogP contribution in [0.2, 0.25) is 0 Å². The highest BCUT2D eigenvalue weighted by molar-refractivity contribution is 5.71. The molecule has 0 rings (SSSR count). The van der Waals surface area contributed by atoms with Gasteiger partial charge in [0.15, 0.2) is 6.10 Å². The molecule has 0 fully saturated rings. The van der Waals surface area contributed by atoms with E-state index in [1.165, 1.54) is 173 Å². The van der Waals surface area contributed by atoms with E-state index in [0.717, 1.165) is 57.8 Å². The van der Waals surface area contributed by atoms with Crippen molar-refractivity contribution in [2.24, 2.45) is 0 Å². The summed E-state index contributed by atoms with van der Waals surface area (Å²) in [6.07, 6.45) is 70.9. The Bertz CT molecular complexity index is 1150. The first-order valence-electron chi connectivity index (χ1n) is 27.5. The second-order valence-electron chi connectivity index (χ2n) is 18.1. The van der Waals surface area contributed by atoms with Gasteiger partial charge in [-0.3, -0.25) is 9.59 Å². The van der Waals surface area contributed by atoms with Crippen LogP contribution < -0.4 is 0 Å². The fourth-order valence-electron chi connectivity index (χ4n) is 7.70. The number of rotatable bonds is 50. The largest absolute Gasteiger partial charge is 0.462 e. The van der Waals surface area contributed by atoms with Crippen molar-refractivity contribution >= 4 is 11.9 Å². The van der Waals surface area contributed by atoms with Crippen LogP contribution in [-0.2, 0) is 23.8 Å². The monoisotopic (exact) mass is 893 g/mol. The molecule has 1 atom stereocenters. The molecule has 0 aliphatic rings. The van der Waals surface area contributed by atoms with Crippen molar-refractivity contribution < 1.29 is 23.8 Å². The van der Waals surface area contributed by atoms with Gasteiger partial charge in [0.2, 0.25) is 0 Å². The fourth-order valence-corrected chi connectivity index (χ4v) is 7.70. The minimum absolute atomic E-state index is 0.0442. The summed E-state index contributed by atoms with van der Waals surface area (Å²) in [6, 6.07) is 0. The number of unbranched alkanes of at least 4 members (excludes halogenated alkanes) is 28. The molecule has 0 aromatic carbocycles. The molecule has 0 aliphatic carbocycles. The van der Waals surface area contributed by atoms with Crippen LogP contribution in [0.4, 0.5) is 0 Å². The first-order valence-corrected chi connectivity index (χ1v) is 27.5. The van der Waals surface area contributed by atoms with Gasteiger partial charge in [-0.1, -0.05) is 254 Å². The number of allylic oxidation sites excluding steroid dienone is 11. The Morgan fingerprint density at radius 2 is 0.750 bits per heavy atom. The topological polar surface area (TPSA) is 61.8 Å². The van der Waals surface area contributed by atoms with E-state index in [1.807, 2.05) is 12.2 Å².